The predicted molar refractivity (Wildman–Crippen MR) is 68.0 cm³/mol. The van der Waals surface area contributed by atoms with E-state index in [1.807, 2.05) is 6.92 Å². The van der Waals surface area contributed by atoms with E-state index in [1.165, 1.54) is 38.5 Å². The van der Waals surface area contributed by atoms with Gasteiger partial charge in [0, 0.05) is 0 Å². The van der Waals surface area contributed by atoms with Crippen molar-refractivity contribution in [2.75, 3.05) is 0 Å². The molecule has 0 spiro atoms. The highest BCUT2D eigenvalue weighted by Crippen LogP contribution is 2.15. The molecule has 0 saturated carbocycles. The Morgan fingerprint density at radius 1 is 1.00 bits per heavy atom. The molecular weight excluding hydrogens is 198 g/mol. The summed E-state index contributed by atoms with van der Waals surface area (Å²) < 4.78 is 0. The van der Waals surface area contributed by atoms with Gasteiger partial charge in [0.05, 0.1) is 18.1 Å². The lowest BCUT2D eigenvalue weighted by atomic mass is 9.96. The Morgan fingerprint density at radius 3 is 2.06 bits per heavy atom. The predicted octanol–water partition coefficient (Wildman–Crippen LogP) is 4.04. The molecule has 0 bridgehead atoms. The fraction of sp³-hybridized carbons (Fsp3) is 0.929. The van der Waals surface area contributed by atoms with Gasteiger partial charge in [0.15, 0.2) is 0 Å². The Morgan fingerprint density at radius 2 is 1.56 bits per heavy atom. The number of hydrogen-bond acceptors (Lipinski definition) is 2. The minimum atomic E-state index is -0.411. The minimum absolute atomic E-state index is 0.167. The van der Waals surface area contributed by atoms with Gasteiger partial charge in [-0.05, 0) is 12.8 Å². The lowest BCUT2D eigenvalue weighted by Gasteiger charge is -2.14. The van der Waals surface area contributed by atoms with Crippen LogP contribution in [-0.4, -0.2) is 11.2 Å². The highest BCUT2D eigenvalue weighted by atomic mass is 16.3. The van der Waals surface area contributed by atoms with Crippen LogP contribution in [0.1, 0.15) is 71.6 Å². The van der Waals surface area contributed by atoms with Gasteiger partial charge in [0.2, 0.25) is 0 Å². The van der Waals surface area contributed by atoms with Gasteiger partial charge in [-0.1, -0.05) is 58.8 Å². The fourth-order valence-corrected chi connectivity index (χ4v) is 1.96. The molecule has 0 radical (unpaired) electrons. The highest BCUT2D eigenvalue weighted by molar-refractivity contribution is 4.86. The number of unbranched alkanes of at least 4 members (excludes halogenated alkanes) is 6. The Labute approximate surface area is 101 Å². The van der Waals surface area contributed by atoms with Gasteiger partial charge in [-0.25, -0.2) is 0 Å². The smallest absolute Gasteiger partial charge is 0.0720 e. The third-order valence-corrected chi connectivity index (χ3v) is 3.17. The number of nitriles is 1. The summed E-state index contributed by atoms with van der Waals surface area (Å²) in [5.74, 6) is -0.167. The molecule has 0 aliphatic heterocycles. The van der Waals surface area contributed by atoms with Gasteiger partial charge in [-0.2, -0.15) is 5.26 Å². The molecule has 0 aromatic rings. The number of hydrogen-bond donors (Lipinski definition) is 1. The third-order valence-electron chi connectivity index (χ3n) is 3.17. The van der Waals surface area contributed by atoms with Crippen molar-refractivity contribution in [3.05, 3.63) is 0 Å². The molecule has 2 nitrogen and oxygen atoms in total. The molecule has 0 aliphatic rings. The number of aliphatic hydroxyl groups excluding tert-OH is 1. The van der Waals surface area contributed by atoms with Crippen LogP contribution in [-0.2, 0) is 0 Å². The summed E-state index contributed by atoms with van der Waals surface area (Å²) in [6.07, 6.45) is 9.96. The molecule has 0 aliphatic carbocycles. The Balaban J connectivity index is 3.34. The Bertz CT molecular complexity index is 186. The number of aliphatic hydroxyl groups is 1. The summed E-state index contributed by atoms with van der Waals surface area (Å²) in [6.45, 7) is 4.19. The summed E-state index contributed by atoms with van der Waals surface area (Å²) in [5, 5.41) is 18.5. The van der Waals surface area contributed by atoms with Crippen molar-refractivity contribution in [1.29, 1.82) is 5.26 Å². The normalized spacial score (nSPS) is 14.4. The molecule has 0 aromatic heterocycles. The Hall–Kier alpha value is -0.550. The van der Waals surface area contributed by atoms with E-state index in [4.69, 9.17) is 5.26 Å². The highest BCUT2D eigenvalue weighted by Gasteiger charge is 2.15. The molecule has 2 atom stereocenters. The quantitative estimate of drug-likeness (QED) is 0.570. The van der Waals surface area contributed by atoms with Gasteiger partial charge in [-0.3, -0.25) is 0 Å². The summed E-state index contributed by atoms with van der Waals surface area (Å²) in [4.78, 5) is 0. The molecule has 0 saturated heterocycles. The molecule has 0 aromatic carbocycles. The van der Waals surface area contributed by atoms with Crippen LogP contribution in [0.4, 0.5) is 0 Å². The van der Waals surface area contributed by atoms with Gasteiger partial charge < -0.3 is 5.11 Å². The topological polar surface area (TPSA) is 44.0 Å². The van der Waals surface area contributed by atoms with Crippen LogP contribution < -0.4 is 0 Å². The van der Waals surface area contributed by atoms with Crippen molar-refractivity contribution < 1.29 is 5.11 Å². The lowest BCUT2D eigenvalue weighted by molar-refractivity contribution is 0.118. The first kappa shape index (κ1) is 15.4. The average Bonchev–Trinajstić information content (AvgIpc) is 2.29. The average molecular weight is 225 g/mol. The first-order valence-electron chi connectivity index (χ1n) is 6.83. The van der Waals surface area contributed by atoms with Crippen LogP contribution in [0.2, 0.25) is 0 Å². The molecular formula is C14H27NO. The maximum absolute atomic E-state index is 9.73. The molecule has 2 unspecified atom stereocenters. The van der Waals surface area contributed by atoms with Crippen molar-refractivity contribution in [2.24, 2.45) is 5.92 Å². The zero-order chi connectivity index (χ0) is 12.2. The lowest BCUT2D eigenvalue weighted by Crippen LogP contribution is -2.17. The van der Waals surface area contributed by atoms with Crippen LogP contribution in [0.25, 0.3) is 0 Å². The molecule has 0 amide bonds. The molecule has 0 rings (SSSR count). The van der Waals surface area contributed by atoms with Crippen LogP contribution in [0.15, 0.2) is 0 Å². The second-order valence-electron chi connectivity index (χ2n) is 4.62. The van der Waals surface area contributed by atoms with Crippen molar-refractivity contribution >= 4 is 0 Å². The zero-order valence-corrected chi connectivity index (χ0v) is 10.9. The third kappa shape index (κ3) is 7.70. The van der Waals surface area contributed by atoms with Crippen LogP contribution in [0.5, 0.6) is 0 Å². The minimum Gasteiger partial charge on any atom is -0.392 e. The van der Waals surface area contributed by atoms with E-state index in [9.17, 15) is 5.11 Å². The van der Waals surface area contributed by atoms with Gasteiger partial charge in [-0.15, -0.1) is 0 Å². The fourth-order valence-electron chi connectivity index (χ4n) is 1.96. The van der Waals surface area contributed by atoms with E-state index < -0.39 is 6.10 Å². The van der Waals surface area contributed by atoms with Crippen molar-refractivity contribution in [2.45, 2.75) is 77.7 Å². The summed E-state index contributed by atoms with van der Waals surface area (Å²) in [7, 11) is 0. The van der Waals surface area contributed by atoms with E-state index in [0.717, 1.165) is 19.3 Å². The standard InChI is InChI=1S/C14H27NO/c1-3-5-6-7-8-9-10-11-14(16)13(4-2)12-15/h13-14,16H,3-11H2,1-2H3. The zero-order valence-electron chi connectivity index (χ0n) is 10.9. The largest absolute Gasteiger partial charge is 0.392 e. The summed E-state index contributed by atoms with van der Waals surface area (Å²) in [5.41, 5.74) is 0. The summed E-state index contributed by atoms with van der Waals surface area (Å²) >= 11 is 0. The second kappa shape index (κ2) is 11.0. The van der Waals surface area contributed by atoms with Crippen molar-refractivity contribution in [3.63, 3.8) is 0 Å². The van der Waals surface area contributed by atoms with Crippen LogP contribution >= 0.6 is 0 Å². The van der Waals surface area contributed by atoms with Crippen molar-refractivity contribution in [1.82, 2.24) is 0 Å². The number of rotatable bonds is 10. The van der Waals surface area contributed by atoms with E-state index >= 15 is 0 Å². The first-order chi connectivity index (χ1) is 7.76. The van der Waals surface area contributed by atoms with Gasteiger partial charge in [0.1, 0.15) is 0 Å². The maximum Gasteiger partial charge on any atom is 0.0720 e. The second-order valence-corrected chi connectivity index (χ2v) is 4.62. The molecule has 0 heterocycles. The van der Waals surface area contributed by atoms with Gasteiger partial charge in [0.25, 0.3) is 0 Å². The summed E-state index contributed by atoms with van der Waals surface area (Å²) in [6, 6.07) is 2.17. The van der Waals surface area contributed by atoms with E-state index in [-0.39, 0.29) is 5.92 Å². The van der Waals surface area contributed by atoms with Gasteiger partial charge >= 0.3 is 0 Å². The molecule has 94 valence electrons. The molecule has 0 fully saturated rings. The van der Waals surface area contributed by atoms with E-state index in [0.29, 0.717) is 0 Å². The van der Waals surface area contributed by atoms with E-state index in [2.05, 4.69) is 13.0 Å². The van der Waals surface area contributed by atoms with Crippen LogP contribution in [0, 0.1) is 17.2 Å². The first-order valence-corrected chi connectivity index (χ1v) is 6.83. The monoisotopic (exact) mass is 225 g/mol. The molecule has 1 N–H and O–H groups in total. The van der Waals surface area contributed by atoms with Crippen LogP contribution in [0.3, 0.4) is 0 Å². The number of nitrogens with zero attached hydrogens (tertiary/aromatic N) is 1. The van der Waals surface area contributed by atoms with Crippen molar-refractivity contribution in [3.8, 4) is 6.07 Å². The molecule has 2 heteroatoms. The Kier molecular flexibility index (Phi) is 10.6. The van der Waals surface area contributed by atoms with E-state index in [1.54, 1.807) is 0 Å². The molecule has 16 heavy (non-hydrogen) atoms. The SMILES string of the molecule is CCCCCCCCCC(O)C(C#N)CC. The maximum atomic E-state index is 9.73.